The molecule has 0 saturated carbocycles. The smallest absolute Gasteiger partial charge is 0.333 e. The van der Waals surface area contributed by atoms with Gasteiger partial charge >= 0.3 is 10.3 Å². The van der Waals surface area contributed by atoms with Crippen LogP contribution in [0.15, 0.2) is 18.5 Å². The molecule has 10 heteroatoms. The second-order valence-electron chi connectivity index (χ2n) is 3.80. The minimum Gasteiger partial charge on any atom is -0.383 e. The lowest BCUT2D eigenvalue weighted by Gasteiger charge is -2.03. The Kier molecular flexibility index (Phi) is 6.45. The molecule has 1 aromatic heterocycles. The van der Waals surface area contributed by atoms with Gasteiger partial charge in [-0.3, -0.25) is 9.35 Å². The van der Waals surface area contributed by atoms with Crippen LogP contribution in [-0.4, -0.2) is 50.8 Å². The summed E-state index contributed by atoms with van der Waals surface area (Å²) < 4.78 is 37.5. The van der Waals surface area contributed by atoms with Gasteiger partial charge in [0, 0.05) is 19.7 Å². The second-order valence-corrected chi connectivity index (χ2v) is 5.04. The maximum Gasteiger partial charge on any atom is 0.333 e. The molecule has 0 unspecified atom stereocenters. The SMILES string of the molecule is COCCNC(=O)c1cc[n+](CCNS(=O)(=O)O)nc1. The highest BCUT2D eigenvalue weighted by atomic mass is 32.2. The van der Waals surface area contributed by atoms with Crippen LogP contribution >= 0.6 is 0 Å². The standard InChI is InChI=1S/C10H16N4O5S/c1-19-7-4-11-10(15)9-2-5-14(12-8-9)6-3-13-20(16,17)18/h2,5,8,13H,3-4,6-7H2,1H3,(H-,11,15,16,17,18)/p+1. The first-order valence-electron chi connectivity index (χ1n) is 5.77. The molecule has 1 amide bonds. The van der Waals surface area contributed by atoms with E-state index >= 15 is 0 Å². The van der Waals surface area contributed by atoms with Crippen molar-refractivity contribution < 1.29 is 27.2 Å². The highest BCUT2D eigenvalue weighted by molar-refractivity contribution is 7.83. The maximum atomic E-state index is 11.6. The summed E-state index contributed by atoms with van der Waals surface area (Å²) in [6.07, 6.45) is 2.91. The van der Waals surface area contributed by atoms with E-state index in [4.69, 9.17) is 9.29 Å². The summed E-state index contributed by atoms with van der Waals surface area (Å²) in [5, 5.41) is 6.60. The number of hydrogen-bond acceptors (Lipinski definition) is 5. The van der Waals surface area contributed by atoms with Gasteiger partial charge in [-0.25, -0.2) is 0 Å². The largest absolute Gasteiger partial charge is 0.383 e. The van der Waals surface area contributed by atoms with Crippen LogP contribution in [0.25, 0.3) is 0 Å². The highest BCUT2D eigenvalue weighted by Crippen LogP contribution is 1.92. The second kappa shape index (κ2) is 7.85. The molecule has 0 saturated heterocycles. The van der Waals surface area contributed by atoms with Crippen molar-refractivity contribution in [1.82, 2.24) is 15.1 Å². The number of hydrogen-bond donors (Lipinski definition) is 3. The molecule has 0 fully saturated rings. The Morgan fingerprint density at radius 2 is 2.25 bits per heavy atom. The van der Waals surface area contributed by atoms with E-state index in [9.17, 15) is 13.2 Å². The first kappa shape index (κ1) is 16.4. The van der Waals surface area contributed by atoms with Gasteiger partial charge in [0.2, 0.25) is 0 Å². The van der Waals surface area contributed by atoms with Crippen molar-refractivity contribution in [2.45, 2.75) is 6.54 Å². The Labute approximate surface area is 116 Å². The molecule has 0 bridgehead atoms. The molecule has 20 heavy (non-hydrogen) atoms. The third kappa shape index (κ3) is 6.52. The number of aromatic nitrogens is 2. The predicted octanol–water partition coefficient (Wildman–Crippen LogP) is -1.86. The third-order valence-electron chi connectivity index (χ3n) is 2.25. The number of ether oxygens (including phenoxy) is 1. The first-order valence-corrected chi connectivity index (χ1v) is 7.21. The van der Waals surface area contributed by atoms with Crippen LogP contribution in [0.3, 0.4) is 0 Å². The van der Waals surface area contributed by atoms with Crippen molar-refractivity contribution >= 4 is 16.2 Å². The zero-order chi connectivity index (χ0) is 15.0. The summed E-state index contributed by atoms with van der Waals surface area (Å²) in [6.45, 7) is 1.05. The number of carbonyl (C=O) groups excluding carboxylic acids is 1. The van der Waals surface area contributed by atoms with Crippen molar-refractivity contribution in [3.05, 3.63) is 24.0 Å². The summed E-state index contributed by atoms with van der Waals surface area (Å²) in [4.78, 5) is 11.6. The van der Waals surface area contributed by atoms with E-state index in [-0.39, 0.29) is 19.0 Å². The Hall–Kier alpha value is -1.62. The maximum absolute atomic E-state index is 11.6. The van der Waals surface area contributed by atoms with Crippen LogP contribution in [0.2, 0.25) is 0 Å². The lowest BCUT2D eigenvalue weighted by molar-refractivity contribution is -0.752. The predicted molar refractivity (Wildman–Crippen MR) is 68.2 cm³/mol. The van der Waals surface area contributed by atoms with Crippen LogP contribution in [0.5, 0.6) is 0 Å². The topological polar surface area (TPSA) is 122 Å². The van der Waals surface area contributed by atoms with Crippen LogP contribution in [0.4, 0.5) is 0 Å². The average Bonchev–Trinajstić information content (AvgIpc) is 2.38. The molecule has 0 aliphatic rings. The lowest BCUT2D eigenvalue weighted by atomic mass is 10.3. The fourth-order valence-electron chi connectivity index (χ4n) is 1.31. The van der Waals surface area contributed by atoms with Gasteiger partial charge in [-0.2, -0.15) is 13.1 Å². The molecular formula is C10H17N4O5S+. The minimum absolute atomic E-state index is 0.00409. The minimum atomic E-state index is -4.20. The Bertz CT molecular complexity index is 531. The van der Waals surface area contributed by atoms with E-state index in [2.05, 4.69) is 10.4 Å². The zero-order valence-corrected chi connectivity index (χ0v) is 11.8. The van der Waals surface area contributed by atoms with Gasteiger partial charge in [0.15, 0.2) is 12.7 Å². The highest BCUT2D eigenvalue weighted by Gasteiger charge is 2.10. The number of nitrogens with zero attached hydrogens (tertiary/aromatic N) is 2. The third-order valence-corrected chi connectivity index (χ3v) is 2.82. The van der Waals surface area contributed by atoms with E-state index in [0.717, 1.165) is 0 Å². The van der Waals surface area contributed by atoms with E-state index in [1.165, 1.54) is 17.1 Å². The fraction of sp³-hybridized carbons (Fsp3) is 0.500. The van der Waals surface area contributed by atoms with Gasteiger partial charge < -0.3 is 10.1 Å². The summed E-state index contributed by atoms with van der Waals surface area (Å²) in [6, 6.07) is 1.56. The van der Waals surface area contributed by atoms with Gasteiger partial charge in [0.25, 0.3) is 5.91 Å². The molecule has 1 heterocycles. The van der Waals surface area contributed by atoms with E-state index in [0.29, 0.717) is 18.7 Å². The molecular weight excluding hydrogens is 288 g/mol. The summed E-state index contributed by atoms with van der Waals surface area (Å²) in [7, 11) is -2.65. The average molecular weight is 305 g/mol. The van der Waals surface area contributed by atoms with Crippen LogP contribution in [0.1, 0.15) is 10.4 Å². The van der Waals surface area contributed by atoms with Crippen molar-refractivity contribution in [2.75, 3.05) is 26.8 Å². The van der Waals surface area contributed by atoms with Gasteiger partial charge in [-0.1, -0.05) is 4.68 Å². The summed E-state index contributed by atoms with van der Waals surface area (Å²) in [5.41, 5.74) is 0.389. The molecule has 9 nitrogen and oxygen atoms in total. The Morgan fingerprint density at radius 1 is 1.50 bits per heavy atom. The summed E-state index contributed by atoms with van der Waals surface area (Å²) >= 11 is 0. The number of rotatable bonds is 8. The fourth-order valence-corrected chi connectivity index (χ4v) is 1.66. The molecule has 1 aromatic rings. The number of methoxy groups -OCH3 is 1. The quantitative estimate of drug-likeness (QED) is 0.294. The van der Waals surface area contributed by atoms with E-state index in [1.807, 2.05) is 4.72 Å². The van der Waals surface area contributed by atoms with Crippen molar-refractivity contribution in [3.63, 3.8) is 0 Å². The molecule has 3 N–H and O–H groups in total. The van der Waals surface area contributed by atoms with Gasteiger partial charge in [0.05, 0.1) is 18.7 Å². The normalized spacial score (nSPS) is 11.3. The van der Waals surface area contributed by atoms with Gasteiger partial charge in [-0.15, -0.1) is 0 Å². The van der Waals surface area contributed by atoms with Crippen molar-refractivity contribution in [1.29, 1.82) is 0 Å². The Morgan fingerprint density at radius 3 is 2.80 bits per heavy atom. The van der Waals surface area contributed by atoms with Crippen molar-refractivity contribution in [3.8, 4) is 0 Å². The molecule has 0 aliphatic carbocycles. The molecule has 0 aliphatic heterocycles. The summed E-state index contributed by atoms with van der Waals surface area (Å²) in [5.74, 6) is -0.266. The van der Waals surface area contributed by atoms with Gasteiger partial charge in [-0.05, 0) is 5.10 Å². The van der Waals surface area contributed by atoms with Crippen LogP contribution in [-0.2, 0) is 21.6 Å². The monoisotopic (exact) mass is 305 g/mol. The molecule has 0 radical (unpaired) electrons. The molecule has 1 rings (SSSR count). The zero-order valence-electron chi connectivity index (χ0n) is 10.9. The molecule has 0 spiro atoms. The molecule has 112 valence electrons. The van der Waals surface area contributed by atoms with Gasteiger partial charge in [0.1, 0.15) is 6.20 Å². The van der Waals surface area contributed by atoms with Crippen molar-refractivity contribution in [2.24, 2.45) is 0 Å². The number of amides is 1. The van der Waals surface area contributed by atoms with Crippen LogP contribution in [0, 0.1) is 0 Å². The van der Waals surface area contributed by atoms with E-state index < -0.39 is 10.3 Å². The van der Waals surface area contributed by atoms with Crippen LogP contribution < -0.4 is 14.7 Å². The number of nitrogens with one attached hydrogen (secondary N) is 2. The molecule has 0 aromatic carbocycles. The lowest BCUT2D eigenvalue weighted by Crippen LogP contribution is -2.43. The number of carbonyl (C=O) groups is 1. The first-order chi connectivity index (χ1) is 9.42. The van der Waals surface area contributed by atoms with E-state index in [1.54, 1.807) is 13.2 Å². The molecule has 0 atom stereocenters. The Balaban J connectivity index is 2.45.